The molecule has 1 N–H and O–H groups in total. The molecule has 3 rings (SSSR count). The number of nitrogens with zero attached hydrogens (tertiary/aromatic N) is 4. The zero-order valence-corrected chi connectivity index (χ0v) is 13.7. The Labute approximate surface area is 135 Å². The Kier molecular flexibility index (Phi) is 4.43. The van der Waals surface area contributed by atoms with Crippen molar-refractivity contribution in [2.24, 2.45) is 0 Å². The molecule has 2 aromatic heterocycles. The van der Waals surface area contributed by atoms with Crippen molar-refractivity contribution in [2.45, 2.75) is 0 Å². The first kappa shape index (κ1) is 15.3. The number of hydrogen-bond donors (Lipinski definition) is 1. The first-order valence-corrected chi connectivity index (χ1v) is 7.53. The molecule has 0 atom stereocenters. The molecule has 2 heterocycles. The second kappa shape index (κ2) is 6.66. The molecule has 0 aliphatic heterocycles. The third-order valence-electron chi connectivity index (χ3n) is 3.69. The van der Waals surface area contributed by atoms with Crippen LogP contribution in [0, 0.1) is 0 Å². The lowest BCUT2D eigenvalue weighted by Crippen LogP contribution is -2.10. The molecule has 3 aromatic rings. The molecule has 0 bridgehead atoms. The average Bonchev–Trinajstić information content (AvgIpc) is 2.94. The standard InChI is InChI=1S/C17H21N5O/c1-21(2)14-6-4-13(5-7-14)16-17(19-9-11-23-3)22-10-8-18-12-15(22)20-16/h4-8,10,12,19H,9,11H2,1-3H3. The van der Waals surface area contributed by atoms with E-state index in [4.69, 9.17) is 9.72 Å². The molecule has 0 aliphatic carbocycles. The first-order chi connectivity index (χ1) is 11.2. The van der Waals surface area contributed by atoms with E-state index in [1.54, 1.807) is 19.5 Å². The van der Waals surface area contributed by atoms with Gasteiger partial charge < -0.3 is 15.0 Å². The molecule has 1 aromatic carbocycles. The normalized spacial score (nSPS) is 10.9. The summed E-state index contributed by atoms with van der Waals surface area (Å²) in [6, 6.07) is 8.37. The molecule has 0 fully saturated rings. The van der Waals surface area contributed by atoms with Crippen molar-refractivity contribution in [1.29, 1.82) is 0 Å². The van der Waals surface area contributed by atoms with Crippen LogP contribution in [0.4, 0.5) is 11.5 Å². The lowest BCUT2D eigenvalue weighted by atomic mass is 10.1. The highest BCUT2D eigenvalue weighted by Gasteiger charge is 2.13. The Hall–Kier alpha value is -2.60. The minimum absolute atomic E-state index is 0.636. The van der Waals surface area contributed by atoms with Gasteiger partial charge in [-0.25, -0.2) is 4.98 Å². The van der Waals surface area contributed by atoms with Gasteiger partial charge in [0.15, 0.2) is 5.65 Å². The Morgan fingerprint density at radius 3 is 2.70 bits per heavy atom. The molecule has 120 valence electrons. The maximum atomic E-state index is 5.13. The molecule has 0 spiro atoms. The third kappa shape index (κ3) is 3.12. The molecular formula is C17H21N5O. The van der Waals surface area contributed by atoms with Gasteiger partial charge >= 0.3 is 0 Å². The summed E-state index contributed by atoms with van der Waals surface area (Å²) < 4.78 is 7.14. The van der Waals surface area contributed by atoms with Crippen LogP contribution in [0.1, 0.15) is 0 Å². The Bertz CT molecular complexity index is 779. The second-order valence-corrected chi connectivity index (χ2v) is 5.47. The van der Waals surface area contributed by atoms with Crippen LogP contribution in [-0.2, 0) is 4.74 Å². The fourth-order valence-electron chi connectivity index (χ4n) is 2.47. The van der Waals surface area contributed by atoms with Gasteiger partial charge in [-0.05, 0) is 12.1 Å². The van der Waals surface area contributed by atoms with Gasteiger partial charge in [-0.15, -0.1) is 0 Å². The molecule has 0 radical (unpaired) electrons. The van der Waals surface area contributed by atoms with E-state index in [0.29, 0.717) is 6.61 Å². The summed E-state index contributed by atoms with van der Waals surface area (Å²) in [6.45, 7) is 1.35. The molecule has 0 unspecified atom stereocenters. The number of imidazole rings is 1. The van der Waals surface area contributed by atoms with Gasteiger partial charge in [0.25, 0.3) is 0 Å². The molecule has 0 amide bonds. The van der Waals surface area contributed by atoms with Crippen molar-refractivity contribution in [2.75, 3.05) is 44.6 Å². The van der Waals surface area contributed by atoms with E-state index >= 15 is 0 Å². The van der Waals surface area contributed by atoms with Gasteiger partial charge in [0.05, 0.1) is 12.8 Å². The van der Waals surface area contributed by atoms with Gasteiger partial charge in [0, 0.05) is 51.4 Å². The van der Waals surface area contributed by atoms with Crippen LogP contribution in [0.25, 0.3) is 16.9 Å². The number of benzene rings is 1. The van der Waals surface area contributed by atoms with Crippen molar-refractivity contribution in [3.63, 3.8) is 0 Å². The summed E-state index contributed by atoms with van der Waals surface area (Å²) in [5, 5.41) is 3.41. The largest absolute Gasteiger partial charge is 0.383 e. The van der Waals surface area contributed by atoms with Gasteiger partial charge in [-0.3, -0.25) is 9.38 Å². The Balaban J connectivity index is 2.02. The summed E-state index contributed by atoms with van der Waals surface area (Å²) in [4.78, 5) is 11.0. The molecule has 6 heteroatoms. The van der Waals surface area contributed by atoms with E-state index in [-0.39, 0.29) is 0 Å². The van der Waals surface area contributed by atoms with Crippen molar-refractivity contribution >= 4 is 17.2 Å². The van der Waals surface area contributed by atoms with Crippen LogP contribution in [-0.4, -0.2) is 48.7 Å². The quantitative estimate of drug-likeness (QED) is 0.709. The fraction of sp³-hybridized carbons (Fsp3) is 0.294. The number of rotatable bonds is 6. The number of hydrogen-bond acceptors (Lipinski definition) is 5. The minimum atomic E-state index is 0.636. The maximum absolute atomic E-state index is 5.13. The van der Waals surface area contributed by atoms with Crippen LogP contribution >= 0.6 is 0 Å². The van der Waals surface area contributed by atoms with Gasteiger partial charge in [0.2, 0.25) is 0 Å². The molecule has 0 saturated carbocycles. The number of aromatic nitrogens is 3. The lowest BCUT2D eigenvalue weighted by Gasteiger charge is -2.13. The molecule has 6 nitrogen and oxygen atoms in total. The topological polar surface area (TPSA) is 54.7 Å². The molecule has 0 aliphatic rings. The van der Waals surface area contributed by atoms with Crippen molar-refractivity contribution in [3.8, 4) is 11.3 Å². The smallest absolute Gasteiger partial charge is 0.157 e. The predicted molar refractivity (Wildman–Crippen MR) is 93.1 cm³/mol. The predicted octanol–water partition coefficient (Wildman–Crippen LogP) is 2.52. The number of anilines is 2. The molecule has 23 heavy (non-hydrogen) atoms. The fourth-order valence-corrected chi connectivity index (χ4v) is 2.47. The van der Waals surface area contributed by atoms with Crippen molar-refractivity contribution < 1.29 is 4.74 Å². The van der Waals surface area contributed by atoms with Crippen LogP contribution in [0.5, 0.6) is 0 Å². The number of nitrogens with one attached hydrogen (secondary N) is 1. The van der Waals surface area contributed by atoms with Crippen LogP contribution in [0.3, 0.4) is 0 Å². The van der Waals surface area contributed by atoms with Crippen LogP contribution in [0.15, 0.2) is 42.9 Å². The molecular weight excluding hydrogens is 290 g/mol. The summed E-state index contributed by atoms with van der Waals surface area (Å²) in [5.74, 6) is 0.956. The van der Waals surface area contributed by atoms with Crippen molar-refractivity contribution in [3.05, 3.63) is 42.9 Å². The monoisotopic (exact) mass is 311 g/mol. The average molecular weight is 311 g/mol. The first-order valence-electron chi connectivity index (χ1n) is 7.53. The van der Waals surface area contributed by atoms with E-state index in [9.17, 15) is 0 Å². The van der Waals surface area contributed by atoms with Gasteiger partial charge in [-0.2, -0.15) is 0 Å². The summed E-state index contributed by atoms with van der Waals surface area (Å²) in [7, 11) is 5.76. The Morgan fingerprint density at radius 2 is 2.00 bits per heavy atom. The summed E-state index contributed by atoms with van der Waals surface area (Å²) in [5.41, 5.74) is 3.96. The minimum Gasteiger partial charge on any atom is -0.383 e. The van der Waals surface area contributed by atoms with Gasteiger partial charge in [-0.1, -0.05) is 12.1 Å². The van der Waals surface area contributed by atoms with E-state index in [1.165, 1.54) is 0 Å². The van der Waals surface area contributed by atoms with E-state index in [1.807, 2.05) is 24.7 Å². The SMILES string of the molecule is COCCNc1c(-c2ccc(N(C)C)cc2)nc2cnccn12. The van der Waals surface area contributed by atoms with Crippen molar-refractivity contribution in [1.82, 2.24) is 14.4 Å². The highest BCUT2D eigenvalue weighted by Crippen LogP contribution is 2.29. The van der Waals surface area contributed by atoms with Crippen LogP contribution in [0.2, 0.25) is 0 Å². The van der Waals surface area contributed by atoms with E-state index in [2.05, 4.69) is 39.5 Å². The zero-order chi connectivity index (χ0) is 16.2. The Morgan fingerprint density at radius 1 is 1.22 bits per heavy atom. The maximum Gasteiger partial charge on any atom is 0.157 e. The van der Waals surface area contributed by atoms with E-state index in [0.717, 1.165) is 35.0 Å². The highest BCUT2D eigenvalue weighted by atomic mass is 16.5. The van der Waals surface area contributed by atoms with Crippen LogP contribution < -0.4 is 10.2 Å². The number of methoxy groups -OCH3 is 1. The third-order valence-corrected chi connectivity index (χ3v) is 3.69. The highest BCUT2D eigenvalue weighted by molar-refractivity contribution is 5.77. The van der Waals surface area contributed by atoms with Gasteiger partial charge in [0.1, 0.15) is 11.5 Å². The zero-order valence-electron chi connectivity index (χ0n) is 13.7. The summed E-state index contributed by atoms with van der Waals surface area (Å²) in [6.07, 6.45) is 5.43. The summed E-state index contributed by atoms with van der Waals surface area (Å²) >= 11 is 0. The number of ether oxygens (including phenoxy) is 1. The van der Waals surface area contributed by atoms with E-state index < -0.39 is 0 Å². The molecule has 0 saturated heterocycles. The second-order valence-electron chi connectivity index (χ2n) is 5.47. The number of fused-ring (bicyclic) bond motifs is 1. The lowest BCUT2D eigenvalue weighted by molar-refractivity contribution is 0.210.